The number of nitrogens with one attached hydrogen (secondary N) is 1. The van der Waals surface area contributed by atoms with Gasteiger partial charge in [-0.15, -0.1) is 0 Å². The third-order valence-corrected chi connectivity index (χ3v) is 8.34. The first kappa shape index (κ1) is 24.2. The minimum absolute atomic E-state index is 0.0196. The summed E-state index contributed by atoms with van der Waals surface area (Å²) >= 11 is 0. The monoisotopic (exact) mass is 476 g/mol. The molecule has 0 bridgehead atoms. The van der Waals surface area contributed by atoms with Crippen LogP contribution in [0.3, 0.4) is 0 Å². The fraction of sp³-hybridized carbons (Fsp3) is 0.667. The molecule has 0 radical (unpaired) electrons. The Morgan fingerprint density at radius 3 is 2.64 bits per heavy atom. The lowest BCUT2D eigenvalue weighted by molar-refractivity contribution is -0.134. The van der Waals surface area contributed by atoms with Gasteiger partial charge in [-0.1, -0.05) is 31.9 Å². The van der Waals surface area contributed by atoms with Gasteiger partial charge in [-0.2, -0.15) is 0 Å². The molecule has 1 amide bonds. The number of rotatable bonds is 8. The van der Waals surface area contributed by atoms with Gasteiger partial charge in [-0.25, -0.2) is 8.42 Å². The molecule has 182 valence electrons. The van der Waals surface area contributed by atoms with Crippen molar-refractivity contribution in [3.63, 3.8) is 0 Å². The Morgan fingerprint density at radius 1 is 1.18 bits per heavy atom. The molecule has 1 aromatic rings. The van der Waals surface area contributed by atoms with Crippen molar-refractivity contribution in [1.82, 2.24) is 14.5 Å². The van der Waals surface area contributed by atoms with Crippen molar-refractivity contribution in [3.05, 3.63) is 29.8 Å². The van der Waals surface area contributed by atoms with Crippen LogP contribution in [0.25, 0.3) is 0 Å². The highest BCUT2D eigenvalue weighted by molar-refractivity contribution is 7.90. The van der Waals surface area contributed by atoms with E-state index in [-0.39, 0.29) is 10.8 Å². The van der Waals surface area contributed by atoms with Gasteiger partial charge in [0.05, 0.1) is 18.1 Å². The highest BCUT2D eigenvalue weighted by Gasteiger charge is 2.33. The number of benzene rings is 1. The van der Waals surface area contributed by atoms with Crippen molar-refractivity contribution >= 4 is 21.8 Å². The second-order valence-corrected chi connectivity index (χ2v) is 10.9. The Balaban J connectivity index is 1.38. The second kappa shape index (κ2) is 11.0. The largest absolute Gasteiger partial charge is 0.379 e. The topological polar surface area (TPSA) is 91.3 Å². The van der Waals surface area contributed by atoms with Gasteiger partial charge in [0, 0.05) is 31.7 Å². The molecule has 3 heterocycles. The predicted octanol–water partition coefficient (Wildman–Crippen LogP) is 2.24. The van der Waals surface area contributed by atoms with Crippen LogP contribution < -0.4 is 4.72 Å². The molecule has 0 saturated carbocycles. The van der Waals surface area contributed by atoms with Crippen LogP contribution in [-0.2, 0) is 19.6 Å². The molecule has 1 atom stereocenters. The molecule has 9 heteroatoms. The molecule has 0 spiro atoms. The van der Waals surface area contributed by atoms with E-state index < -0.39 is 16.1 Å². The molecule has 1 unspecified atom stereocenters. The molecule has 2 fully saturated rings. The second-order valence-electron chi connectivity index (χ2n) is 9.25. The SMILES string of the molecule is CCCCC(N=C1NS(=O)(=O)c2ccccc21)C(=O)N1CCC(CCN2CCOCC2)CC1. The van der Waals surface area contributed by atoms with E-state index in [1.807, 2.05) is 4.90 Å². The van der Waals surface area contributed by atoms with Gasteiger partial charge in [-0.05, 0) is 50.3 Å². The molecule has 3 aliphatic rings. The Bertz CT molecular complexity index is 951. The lowest BCUT2D eigenvalue weighted by Crippen LogP contribution is -2.44. The van der Waals surface area contributed by atoms with Crippen molar-refractivity contribution in [2.75, 3.05) is 45.9 Å². The maximum atomic E-state index is 13.4. The zero-order valence-corrected chi connectivity index (χ0v) is 20.4. The van der Waals surface area contributed by atoms with Crippen molar-refractivity contribution in [2.45, 2.75) is 56.4 Å². The third-order valence-electron chi connectivity index (χ3n) is 6.95. The number of amides is 1. The van der Waals surface area contributed by atoms with Crippen molar-refractivity contribution in [2.24, 2.45) is 10.9 Å². The minimum atomic E-state index is -3.61. The van der Waals surface area contributed by atoms with Gasteiger partial charge in [-0.3, -0.25) is 19.4 Å². The summed E-state index contributed by atoms with van der Waals surface area (Å²) in [5, 5.41) is 0. The molecule has 33 heavy (non-hydrogen) atoms. The van der Waals surface area contributed by atoms with E-state index in [2.05, 4.69) is 21.5 Å². The van der Waals surface area contributed by atoms with Gasteiger partial charge >= 0.3 is 0 Å². The summed E-state index contributed by atoms with van der Waals surface area (Å²) in [5.41, 5.74) is 0.550. The lowest BCUT2D eigenvalue weighted by atomic mass is 9.92. The summed E-state index contributed by atoms with van der Waals surface area (Å²) in [4.78, 5) is 22.7. The van der Waals surface area contributed by atoms with Crippen LogP contribution in [-0.4, -0.2) is 81.9 Å². The number of piperidine rings is 1. The number of unbranched alkanes of at least 4 members (excludes halogenated alkanes) is 1. The molecule has 1 aromatic carbocycles. The molecular weight excluding hydrogens is 440 g/mol. The molecule has 2 saturated heterocycles. The van der Waals surface area contributed by atoms with Gasteiger partial charge in [0.15, 0.2) is 0 Å². The number of aliphatic imine (C=N–C) groups is 1. The standard InChI is InChI=1S/C24H36N4O4S/c1-2-3-7-21(25-23-20-6-4-5-8-22(20)33(30,31)26-23)24(29)28-13-10-19(11-14-28)9-12-27-15-17-32-18-16-27/h4-6,8,19,21H,2-3,7,9-18H2,1H3,(H,25,26). The summed E-state index contributed by atoms with van der Waals surface area (Å²) in [5.74, 6) is 0.956. The molecule has 8 nitrogen and oxygen atoms in total. The van der Waals surface area contributed by atoms with E-state index in [0.29, 0.717) is 23.7 Å². The van der Waals surface area contributed by atoms with E-state index in [4.69, 9.17) is 4.74 Å². The Hall–Kier alpha value is -1.97. The van der Waals surface area contributed by atoms with Crippen LogP contribution >= 0.6 is 0 Å². The maximum Gasteiger partial charge on any atom is 0.263 e. The Kier molecular flexibility index (Phi) is 8.03. The van der Waals surface area contributed by atoms with Crippen LogP contribution in [0.1, 0.15) is 51.0 Å². The van der Waals surface area contributed by atoms with Gasteiger partial charge in [0.1, 0.15) is 11.9 Å². The van der Waals surface area contributed by atoms with E-state index >= 15 is 0 Å². The molecule has 1 N–H and O–H groups in total. The van der Waals surface area contributed by atoms with Gasteiger partial charge in [0.25, 0.3) is 10.0 Å². The summed E-state index contributed by atoms with van der Waals surface area (Å²) in [6.07, 6.45) is 5.66. The van der Waals surface area contributed by atoms with Crippen LogP contribution in [0.5, 0.6) is 0 Å². The summed E-state index contributed by atoms with van der Waals surface area (Å²) in [7, 11) is -3.61. The number of hydrogen-bond acceptors (Lipinski definition) is 6. The number of hydrogen-bond donors (Lipinski definition) is 1. The lowest BCUT2D eigenvalue weighted by Gasteiger charge is -2.35. The average Bonchev–Trinajstić information content (AvgIpc) is 3.11. The summed E-state index contributed by atoms with van der Waals surface area (Å²) in [6, 6.07) is 6.25. The number of carbonyl (C=O) groups is 1. The van der Waals surface area contributed by atoms with Gasteiger partial charge in [0.2, 0.25) is 5.91 Å². The summed E-state index contributed by atoms with van der Waals surface area (Å²) < 4.78 is 32.9. The van der Waals surface area contributed by atoms with E-state index in [9.17, 15) is 13.2 Å². The van der Waals surface area contributed by atoms with Crippen molar-refractivity contribution in [1.29, 1.82) is 0 Å². The van der Waals surface area contributed by atoms with Crippen LogP contribution in [0.4, 0.5) is 0 Å². The van der Waals surface area contributed by atoms with Gasteiger partial charge < -0.3 is 9.64 Å². The average molecular weight is 477 g/mol. The fourth-order valence-corrected chi connectivity index (χ4v) is 6.11. The van der Waals surface area contributed by atoms with Crippen LogP contribution in [0, 0.1) is 5.92 Å². The van der Waals surface area contributed by atoms with Crippen molar-refractivity contribution < 1.29 is 17.9 Å². The fourth-order valence-electron chi connectivity index (χ4n) is 4.87. The number of morpholine rings is 1. The Labute approximate surface area is 197 Å². The van der Waals surface area contributed by atoms with E-state index in [1.54, 1.807) is 24.3 Å². The first-order chi connectivity index (χ1) is 16.0. The predicted molar refractivity (Wildman–Crippen MR) is 128 cm³/mol. The first-order valence-corrected chi connectivity index (χ1v) is 13.7. The number of nitrogens with zero attached hydrogens (tertiary/aromatic N) is 3. The van der Waals surface area contributed by atoms with Crippen LogP contribution in [0.15, 0.2) is 34.2 Å². The smallest absolute Gasteiger partial charge is 0.263 e. The van der Waals surface area contributed by atoms with Crippen LogP contribution in [0.2, 0.25) is 0 Å². The zero-order chi connectivity index (χ0) is 23.3. The Morgan fingerprint density at radius 2 is 1.91 bits per heavy atom. The number of fused-ring (bicyclic) bond motifs is 1. The number of ether oxygens (including phenoxy) is 1. The third kappa shape index (κ3) is 5.94. The zero-order valence-electron chi connectivity index (χ0n) is 19.5. The highest BCUT2D eigenvalue weighted by atomic mass is 32.2. The molecular formula is C24H36N4O4S. The van der Waals surface area contributed by atoms with E-state index in [1.165, 1.54) is 6.42 Å². The summed E-state index contributed by atoms with van der Waals surface area (Å²) in [6.45, 7) is 8.39. The highest BCUT2D eigenvalue weighted by Crippen LogP contribution is 2.25. The minimum Gasteiger partial charge on any atom is -0.379 e. The normalized spacial score (nSPS) is 23.3. The molecule has 3 aliphatic heterocycles. The molecule has 0 aliphatic carbocycles. The van der Waals surface area contributed by atoms with Crippen molar-refractivity contribution in [3.8, 4) is 0 Å². The first-order valence-electron chi connectivity index (χ1n) is 12.3. The molecule has 0 aromatic heterocycles. The number of carbonyl (C=O) groups excluding carboxylic acids is 1. The number of amidine groups is 1. The van der Waals surface area contributed by atoms with E-state index in [0.717, 1.165) is 71.6 Å². The maximum absolute atomic E-state index is 13.4. The quantitative estimate of drug-likeness (QED) is 0.621. The number of likely N-dealkylation sites (tertiary alicyclic amines) is 1. The molecule has 4 rings (SSSR count). The number of sulfonamides is 1.